The Morgan fingerprint density at radius 2 is 2.00 bits per heavy atom. The molecule has 0 radical (unpaired) electrons. The number of hydrogen-bond donors (Lipinski definition) is 1. The van der Waals surface area contributed by atoms with Crippen LogP contribution in [0.2, 0.25) is 5.02 Å². The summed E-state index contributed by atoms with van der Waals surface area (Å²) in [4.78, 5) is 26.0. The number of carbonyl (C=O) groups is 2. The standard InChI is InChI=1S/C22H21ClN4O3/c23-17-8-6-16(7-9-17)14-27-20(10-11-24-27)25-21(28)15-30-19-4-1-3-18(13-19)26-12-2-5-22(26)29/h1,3-4,6-11,13H,2,5,12,14-15H2,(H,25,28). The quantitative estimate of drug-likeness (QED) is 0.627. The smallest absolute Gasteiger partial charge is 0.263 e. The number of carbonyl (C=O) groups excluding carboxylic acids is 2. The second-order valence-electron chi connectivity index (χ2n) is 6.98. The minimum Gasteiger partial charge on any atom is -0.484 e. The van der Waals surface area contributed by atoms with Crippen molar-refractivity contribution in [2.45, 2.75) is 19.4 Å². The van der Waals surface area contributed by atoms with Crippen LogP contribution in [0.3, 0.4) is 0 Å². The van der Waals surface area contributed by atoms with Crippen LogP contribution in [0, 0.1) is 0 Å². The Morgan fingerprint density at radius 1 is 1.17 bits per heavy atom. The maximum absolute atomic E-state index is 12.4. The van der Waals surface area contributed by atoms with Gasteiger partial charge in [0.2, 0.25) is 5.91 Å². The minimum atomic E-state index is -0.296. The third-order valence-corrected chi connectivity index (χ3v) is 5.05. The van der Waals surface area contributed by atoms with Gasteiger partial charge in [0.05, 0.1) is 12.7 Å². The molecule has 1 aliphatic rings. The van der Waals surface area contributed by atoms with E-state index in [-0.39, 0.29) is 18.4 Å². The van der Waals surface area contributed by atoms with Crippen molar-refractivity contribution in [1.82, 2.24) is 9.78 Å². The van der Waals surface area contributed by atoms with E-state index in [4.69, 9.17) is 16.3 Å². The number of nitrogens with zero attached hydrogens (tertiary/aromatic N) is 3. The van der Waals surface area contributed by atoms with Crippen molar-refractivity contribution in [2.75, 3.05) is 23.4 Å². The summed E-state index contributed by atoms with van der Waals surface area (Å²) in [6.07, 6.45) is 3.05. The van der Waals surface area contributed by atoms with Gasteiger partial charge in [-0.1, -0.05) is 29.8 Å². The molecule has 0 spiro atoms. The largest absolute Gasteiger partial charge is 0.484 e. The van der Waals surface area contributed by atoms with Gasteiger partial charge in [-0.3, -0.25) is 9.59 Å². The van der Waals surface area contributed by atoms with Gasteiger partial charge in [-0.25, -0.2) is 4.68 Å². The number of benzene rings is 2. The van der Waals surface area contributed by atoms with Gasteiger partial charge in [0.1, 0.15) is 11.6 Å². The van der Waals surface area contributed by atoms with Crippen LogP contribution in [-0.4, -0.2) is 34.7 Å². The number of ether oxygens (including phenoxy) is 1. The first-order valence-corrected chi connectivity index (χ1v) is 10.1. The van der Waals surface area contributed by atoms with Crippen molar-refractivity contribution in [3.8, 4) is 5.75 Å². The van der Waals surface area contributed by atoms with Crippen LogP contribution in [0.25, 0.3) is 0 Å². The van der Waals surface area contributed by atoms with Crippen LogP contribution < -0.4 is 15.0 Å². The molecule has 4 rings (SSSR count). The number of amides is 2. The van der Waals surface area contributed by atoms with E-state index in [0.29, 0.717) is 36.1 Å². The zero-order valence-electron chi connectivity index (χ0n) is 16.3. The second-order valence-corrected chi connectivity index (χ2v) is 7.42. The van der Waals surface area contributed by atoms with Gasteiger partial charge in [-0.15, -0.1) is 0 Å². The summed E-state index contributed by atoms with van der Waals surface area (Å²) in [5, 5.41) is 7.74. The highest BCUT2D eigenvalue weighted by molar-refractivity contribution is 6.30. The molecule has 0 bridgehead atoms. The van der Waals surface area contributed by atoms with Crippen molar-refractivity contribution in [3.63, 3.8) is 0 Å². The highest BCUT2D eigenvalue weighted by Crippen LogP contribution is 2.25. The summed E-state index contributed by atoms with van der Waals surface area (Å²) in [6, 6.07) is 16.4. The lowest BCUT2D eigenvalue weighted by molar-refractivity contribution is -0.118. The number of nitrogens with one attached hydrogen (secondary N) is 1. The number of anilines is 2. The predicted molar refractivity (Wildman–Crippen MR) is 115 cm³/mol. The van der Waals surface area contributed by atoms with Crippen LogP contribution in [0.1, 0.15) is 18.4 Å². The lowest BCUT2D eigenvalue weighted by Gasteiger charge is -2.16. The van der Waals surface area contributed by atoms with Gasteiger partial charge in [0, 0.05) is 35.8 Å². The van der Waals surface area contributed by atoms with Crippen LogP contribution in [0.15, 0.2) is 60.8 Å². The summed E-state index contributed by atoms with van der Waals surface area (Å²) in [6.45, 7) is 1.07. The summed E-state index contributed by atoms with van der Waals surface area (Å²) in [5.41, 5.74) is 1.81. The molecule has 3 aromatic rings. The van der Waals surface area contributed by atoms with Crippen LogP contribution in [-0.2, 0) is 16.1 Å². The van der Waals surface area contributed by atoms with E-state index in [1.54, 1.807) is 34.0 Å². The van der Waals surface area contributed by atoms with Crippen molar-refractivity contribution < 1.29 is 14.3 Å². The predicted octanol–water partition coefficient (Wildman–Crippen LogP) is 3.73. The third kappa shape index (κ3) is 4.80. The molecule has 8 heteroatoms. The molecule has 0 aliphatic carbocycles. The summed E-state index contributed by atoms with van der Waals surface area (Å²) in [5.74, 6) is 0.932. The zero-order valence-corrected chi connectivity index (χ0v) is 17.0. The van der Waals surface area contributed by atoms with E-state index in [9.17, 15) is 9.59 Å². The third-order valence-electron chi connectivity index (χ3n) is 4.80. The molecular formula is C22H21ClN4O3. The Kier molecular flexibility index (Phi) is 5.99. The average Bonchev–Trinajstić information content (AvgIpc) is 3.37. The Labute approximate surface area is 179 Å². The fourth-order valence-corrected chi connectivity index (χ4v) is 3.44. The van der Waals surface area contributed by atoms with Crippen LogP contribution >= 0.6 is 11.6 Å². The normalized spacial score (nSPS) is 13.5. The van der Waals surface area contributed by atoms with E-state index < -0.39 is 0 Å². The SMILES string of the molecule is O=C(COc1cccc(N2CCCC2=O)c1)Nc1ccnn1Cc1ccc(Cl)cc1. The molecule has 1 aliphatic heterocycles. The Morgan fingerprint density at radius 3 is 2.77 bits per heavy atom. The summed E-state index contributed by atoms with van der Waals surface area (Å²) < 4.78 is 7.32. The molecule has 1 N–H and O–H groups in total. The van der Waals surface area contributed by atoms with Gasteiger partial charge < -0.3 is 15.0 Å². The van der Waals surface area contributed by atoms with Gasteiger partial charge in [0.25, 0.3) is 5.91 Å². The Balaban J connectivity index is 1.34. The molecule has 0 saturated carbocycles. The van der Waals surface area contributed by atoms with Crippen molar-refractivity contribution in [3.05, 3.63) is 71.4 Å². The summed E-state index contributed by atoms with van der Waals surface area (Å²) >= 11 is 5.92. The molecule has 1 fully saturated rings. The number of hydrogen-bond acceptors (Lipinski definition) is 4. The van der Waals surface area contributed by atoms with E-state index >= 15 is 0 Å². The fourth-order valence-electron chi connectivity index (χ4n) is 3.32. The molecule has 30 heavy (non-hydrogen) atoms. The van der Waals surface area contributed by atoms with E-state index in [0.717, 1.165) is 17.7 Å². The highest BCUT2D eigenvalue weighted by atomic mass is 35.5. The molecular weight excluding hydrogens is 404 g/mol. The van der Waals surface area contributed by atoms with Gasteiger partial charge in [-0.05, 0) is 36.2 Å². The van der Waals surface area contributed by atoms with Crippen LogP contribution in [0.4, 0.5) is 11.5 Å². The second kappa shape index (κ2) is 9.00. The average molecular weight is 425 g/mol. The first-order valence-electron chi connectivity index (χ1n) is 9.68. The first-order chi connectivity index (χ1) is 14.6. The lowest BCUT2D eigenvalue weighted by Crippen LogP contribution is -2.24. The van der Waals surface area contributed by atoms with Gasteiger partial charge in [0.15, 0.2) is 6.61 Å². The molecule has 1 aromatic heterocycles. The molecule has 0 unspecified atom stereocenters. The maximum atomic E-state index is 12.4. The van der Waals surface area contributed by atoms with Crippen molar-refractivity contribution in [2.24, 2.45) is 0 Å². The lowest BCUT2D eigenvalue weighted by atomic mass is 10.2. The van der Waals surface area contributed by atoms with E-state index in [2.05, 4.69) is 10.4 Å². The molecule has 1 saturated heterocycles. The van der Waals surface area contributed by atoms with Gasteiger partial charge in [-0.2, -0.15) is 5.10 Å². The monoisotopic (exact) mass is 424 g/mol. The molecule has 2 aromatic carbocycles. The van der Waals surface area contributed by atoms with Crippen molar-refractivity contribution >= 4 is 34.9 Å². The number of rotatable bonds is 7. The van der Waals surface area contributed by atoms with Crippen molar-refractivity contribution in [1.29, 1.82) is 0 Å². The maximum Gasteiger partial charge on any atom is 0.263 e. The molecule has 154 valence electrons. The highest BCUT2D eigenvalue weighted by Gasteiger charge is 2.21. The topological polar surface area (TPSA) is 76.5 Å². The van der Waals surface area contributed by atoms with Crippen LogP contribution in [0.5, 0.6) is 5.75 Å². The van der Waals surface area contributed by atoms with E-state index in [1.807, 2.05) is 36.4 Å². The zero-order chi connectivity index (χ0) is 20.9. The molecule has 2 heterocycles. The Hall–Kier alpha value is -3.32. The van der Waals surface area contributed by atoms with E-state index in [1.165, 1.54) is 0 Å². The molecule has 7 nitrogen and oxygen atoms in total. The Bertz CT molecular complexity index is 1050. The van der Waals surface area contributed by atoms with Gasteiger partial charge >= 0.3 is 0 Å². The minimum absolute atomic E-state index is 0.110. The number of aromatic nitrogens is 2. The first kappa shape index (κ1) is 20.0. The fraction of sp³-hybridized carbons (Fsp3) is 0.227. The molecule has 0 atom stereocenters. The number of halogens is 1. The summed E-state index contributed by atoms with van der Waals surface area (Å²) in [7, 11) is 0. The molecule has 2 amide bonds.